The second-order valence-corrected chi connectivity index (χ2v) is 6.52. The predicted octanol–water partition coefficient (Wildman–Crippen LogP) is -1.07. The predicted molar refractivity (Wildman–Crippen MR) is 67.6 cm³/mol. The zero-order valence-corrected chi connectivity index (χ0v) is 12.4. The summed E-state index contributed by atoms with van der Waals surface area (Å²) in [4.78, 5) is 51.7. The van der Waals surface area contributed by atoms with E-state index in [-0.39, 0.29) is 0 Å². The number of ether oxygens (including phenoxy) is 1. The van der Waals surface area contributed by atoms with Gasteiger partial charge in [-0.25, -0.2) is 23.5 Å². The van der Waals surface area contributed by atoms with Crippen molar-refractivity contribution in [3.63, 3.8) is 0 Å². The van der Waals surface area contributed by atoms with Crippen LogP contribution < -0.4 is 11.2 Å². The van der Waals surface area contributed by atoms with E-state index in [2.05, 4.69) is 9.41 Å². The van der Waals surface area contributed by atoms with Crippen LogP contribution in [0.15, 0.2) is 21.9 Å². The summed E-state index contributed by atoms with van der Waals surface area (Å²) in [6.45, 7) is 0.234. The van der Waals surface area contributed by atoms with Gasteiger partial charge in [-0.15, -0.1) is 0 Å². The topological polar surface area (TPSA) is 149 Å². The zero-order chi connectivity index (χ0) is 17.0. The third kappa shape index (κ3) is 2.68. The molecule has 0 bridgehead atoms. The highest BCUT2D eigenvalue weighted by Gasteiger charge is 2.73. The number of fused-ring (bicyclic) bond motifs is 1. The molecule has 4 atom stereocenters. The number of aromatic nitrogens is 2. The number of aromatic amines is 1. The highest BCUT2D eigenvalue weighted by atomic mass is 31.2. The first kappa shape index (κ1) is 16.5. The third-order valence-electron chi connectivity index (χ3n) is 3.57. The molecule has 2 aliphatic heterocycles. The molecule has 2 saturated heterocycles. The Morgan fingerprint density at radius 1 is 1.52 bits per heavy atom. The van der Waals surface area contributed by atoms with E-state index in [4.69, 9.17) is 19.4 Å². The van der Waals surface area contributed by atoms with Crippen LogP contribution in [0.5, 0.6) is 0 Å². The van der Waals surface area contributed by atoms with Crippen molar-refractivity contribution >= 4 is 7.82 Å². The molecule has 3 N–H and O–H groups in total. The lowest BCUT2D eigenvalue weighted by molar-refractivity contribution is -0.515. The molecule has 3 heterocycles. The van der Waals surface area contributed by atoms with Crippen LogP contribution in [0.1, 0.15) is 13.2 Å². The molecule has 0 amide bonds. The number of halogens is 1. The van der Waals surface area contributed by atoms with Crippen molar-refractivity contribution in [2.75, 3.05) is 6.61 Å². The lowest BCUT2D eigenvalue weighted by Gasteiger charge is -2.42. The number of phosphoric ester groups is 1. The summed E-state index contributed by atoms with van der Waals surface area (Å²) in [6.07, 6.45) is -1.67. The van der Waals surface area contributed by atoms with Crippen molar-refractivity contribution in [1.29, 1.82) is 0 Å². The summed E-state index contributed by atoms with van der Waals surface area (Å²) in [5.74, 6) is -2.77. The fraction of sp³-hybridized carbons (Fsp3) is 0.600. The van der Waals surface area contributed by atoms with Gasteiger partial charge in [0.1, 0.15) is 6.61 Å². The first-order valence-electron chi connectivity index (χ1n) is 6.28. The molecule has 0 aromatic carbocycles. The molecule has 1 aromatic heterocycles. The highest BCUT2D eigenvalue weighted by Crippen LogP contribution is 2.55. The molecule has 3 rings (SSSR count). The van der Waals surface area contributed by atoms with Gasteiger partial charge in [-0.3, -0.25) is 18.9 Å². The number of rotatable bonds is 4. The van der Waals surface area contributed by atoms with Crippen molar-refractivity contribution in [1.82, 2.24) is 9.55 Å². The van der Waals surface area contributed by atoms with Gasteiger partial charge in [0.15, 0.2) is 17.9 Å². The molecule has 0 spiro atoms. The maximum Gasteiger partial charge on any atom is 0.469 e. The lowest BCUT2D eigenvalue weighted by Crippen LogP contribution is -2.61. The number of phosphoric acid groups is 1. The third-order valence-corrected chi connectivity index (χ3v) is 4.03. The average molecular weight is 354 g/mol. The van der Waals surface area contributed by atoms with E-state index in [0.29, 0.717) is 0 Å². The van der Waals surface area contributed by atoms with Crippen LogP contribution in [-0.2, 0) is 23.6 Å². The molecule has 2 aliphatic rings. The van der Waals surface area contributed by atoms with Crippen molar-refractivity contribution < 1.29 is 37.8 Å². The number of nitrogens with zero attached hydrogens (tertiary/aromatic N) is 1. The smallest absolute Gasteiger partial charge is 0.314 e. The molecule has 0 aliphatic carbocycles. The normalized spacial score (nSPS) is 36.5. The van der Waals surface area contributed by atoms with Gasteiger partial charge >= 0.3 is 13.5 Å². The molecule has 0 saturated carbocycles. The van der Waals surface area contributed by atoms with E-state index in [0.717, 1.165) is 16.8 Å². The van der Waals surface area contributed by atoms with Crippen molar-refractivity contribution in [3.05, 3.63) is 33.1 Å². The van der Waals surface area contributed by atoms with Gasteiger partial charge in [0.25, 0.3) is 11.4 Å². The van der Waals surface area contributed by atoms with Crippen LogP contribution in [0.2, 0.25) is 0 Å². The molecular formula is C10H12FN2O9P. The van der Waals surface area contributed by atoms with E-state index in [1.807, 2.05) is 4.98 Å². The number of H-pyrrole nitrogens is 1. The second-order valence-electron chi connectivity index (χ2n) is 5.28. The Bertz CT molecular complexity index is 789. The van der Waals surface area contributed by atoms with Crippen LogP contribution in [-0.4, -0.2) is 43.5 Å². The van der Waals surface area contributed by atoms with Gasteiger partial charge in [0.05, 0.1) is 0 Å². The van der Waals surface area contributed by atoms with Crippen molar-refractivity contribution in [2.45, 2.75) is 30.7 Å². The minimum atomic E-state index is -4.95. The fourth-order valence-corrected chi connectivity index (χ4v) is 2.85. The molecule has 2 fully saturated rings. The number of alkyl halides is 1. The Kier molecular flexibility index (Phi) is 3.61. The maximum absolute atomic E-state index is 14.8. The first-order chi connectivity index (χ1) is 10.6. The quantitative estimate of drug-likeness (QED) is 0.454. The van der Waals surface area contributed by atoms with Crippen molar-refractivity contribution in [2.24, 2.45) is 0 Å². The molecule has 0 radical (unpaired) electrons. The Balaban J connectivity index is 1.93. The standard InChI is InChI=1S/C10H12FN2O9P/c1-9-6(21-22-9)10(11,4-19-23(16,17)18)20-7(9)13-3-2-5(14)12-8(13)15/h2-3,6-7H,4H2,1H3,(H,12,14,15)(H2,16,17,18)/t6-,7+,9+,10+/m0/s1. The highest BCUT2D eigenvalue weighted by molar-refractivity contribution is 7.46. The first-order valence-corrected chi connectivity index (χ1v) is 7.81. The molecule has 128 valence electrons. The minimum Gasteiger partial charge on any atom is -0.314 e. The summed E-state index contributed by atoms with van der Waals surface area (Å²) >= 11 is 0. The summed E-state index contributed by atoms with van der Waals surface area (Å²) in [5, 5.41) is 0. The van der Waals surface area contributed by atoms with Gasteiger partial charge in [-0.05, 0) is 6.92 Å². The molecule has 0 unspecified atom stereocenters. The van der Waals surface area contributed by atoms with Crippen LogP contribution in [0.25, 0.3) is 0 Å². The SMILES string of the molecule is C[C@@]12OO[C@@H]1[C@@](F)(COP(=O)(O)O)O[C@H]2n1ccc(=O)[nH]c1=O. The number of nitrogens with one attached hydrogen (secondary N) is 1. The average Bonchev–Trinajstić information content (AvgIpc) is 2.54. The summed E-state index contributed by atoms with van der Waals surface area (Å²) < 4.78 is 35.7. The molecule has 23 heavy (non-hydrogen) atoms. The van der Waals surface area contributed by atoms with Gasteiger partial charge < -0.3 is 14.5 Å². The lowest BCUT2D eigenvalue weighted by atomic mass is 9.93. The number of hydrogen-bond donors (Lipinski definition) is 3. The van der Waals surface area contributed by atoms with Crippen molar-refractivity contribution in [3.8, 4) is 0 Å². The van der Waals surface area contributed by atoms with Crippen LogP contribution in [0, 0.1) is 0 Å². The van der Waals surface area contributed by atoms with Crippen LogP contribution in [0.3, 0.4) is 0 Å². The minimum absolute atomic E-state index is 0.659. The van der Waals surface area contributed by atoms with E-state index < -0.39 is 49.5 Å². The Morgan fingerprint density at radius 2 is 2.22 bits per heavy atom. The molecule has 13 heteroatoms. The van der Waals surface area contributed by atoms with Gasteiger partial charge in [0.2, 0.25) is 0 Å². The Labute approximate surface area is 126 Å². The zero-order valence-electron chi connectivity index (χ0n) is 11.5. The maximum atomic E-state index is 14.8. The Hall–Kier alpha value is -1.40. The van der Waals surface area contributed by atoms with Gasteiger partial charge in [0, 0.05) is 12.3 Å². The van der Waals surface area contributed by atoms with E-state index in [9.17, 15) is 18.5 Å². The van der Waals surface area contributed by atoms with Crippen LogP contribution in [0.4, 0.5) is 4.39 Å². The monoisotopic (exact) mass is 354 g/mol. The fourth-order valence-electron chi connectivity index (χ4n) is 2.51. The van der Waals surface area contributed by atoms with E-state index >= 15 is 0 Å². The number of hydrogen-bond acceptors (Lipinski definition) is 7. The summed E-state index contributed by atoms with van der Waals surface area (Å²) in [7, 11) is -4.95. The molecule has 11 nitrogen and oxygen atoms in total. The van der Waals surface area contributed by atoms with Gasteiger partial charge in [-0.1, -0.05) is 0 Å². The van der Waals surface area contributed by atoms with Crippen LogP contribution >= 0.6 is 7.82 Å². The second kappa shape index (κ2) is 5.05. The van der Waals surface area contributed by atoms with Gasteiger partial charge in [-0.2, -0.15) is 0 Å². The molecule has 1 aromatic rings. The Morgan fingerprint density at radius 3 is 2.74 bits per heavy atom. The van der Waals surface area contributed by atoms with E-state index in [1.165, 1.54) is 6.92 Å². The summed E-state index contributed by atoms with van der Waals surface area (Å²) in [6, 6.07) is 1.02. The van der Waals surface area contributed by atoms with E-state index in [1.54, 1.807) is 0 Å². The summed E-state index contributed by atoms with van der Waals surface area (Å²) in [5.41, 5.74) is -3.00. The molecular weight excluding hydrogens is 342 g/mol. The largest absolute Gasteiger partial charge is 0.469 e.